The van der Waals surface area contributed by atoms with Crippen LogP contribution < -0.4 is 5.56 Å². The maximum absolute atomic E-state index is 11.6. The van der Waals surface area contributed by atoms with Crippen LogP contribution in [-0.4, -0.2) is 14.8 Å². The van der Waals surface area contributed by atoms with Gasteiger partial charge in [0.05, 0.1) is 22.3 Å². The quantitative estimate of drug-likeness (QED) is 0.608. The van der Waals surface area contributed by atoms with Crippen molar-refractivity contribution in [2.75, 3.05) is 0 Å². The van der Waals surface area contributed by atoms with E-state index in [1.54, 1.807) is 23.5 Å². The fourth-order valence-corrected chi connectivity index (χ4v) is 2.84. The third kappa shape index (κ3) is 4.14. The summed E-state index contributed by atoms with van der Waals surface area (Å²) in [5.74, 6) is 0.471. The maximum Gasteiger partial charge on any atom is 0.266 e. The molecule has 0 aliphatic heterocycles. The van der Waals surface area contributed by atoms with E-state index in [-0.39, 0.29) is 5.56 Å². The van der Waals surface area contributed by atoms with Crippen LogP contribution in [0.5, 0.6) is 0 Å². The van der Waals surface area contributed by atoms with Crippen molar-refractivity contribution in [1.82, 2.24) is 14.8 Å². The third-order valence-electron chi connectivity index (χ3n) is 2.75. The lowest BCUT2D eigenvalue weighted by atomic mass is 10.2. The van der Waals surface area contributed by atoms with Crippen molar-refractivity contribution in [3.8, 4) is 0 Å². The largest absolute Gasteiger partial charge is 0.268 e. The Bertz CT molecular complexity index is 594. The van der Waals surface area contributed by atoms with E-state index >= 15 is 0 Å². The van der Waals surface area contributed by atoms with E-state index in [4.69, 9.17) is 11.6 Å². The molecule has 0 aromatic carbocycles. The van der Waals surface area contributed by atoms with Crippen LogP contribution in [0.1, 0.15) is 29.2 Å². The van der Waals surface area contributed by atoms with Gasteiger partial charge in [0.2, 0.25) is 0 Å². The number of halogens is 1. The summed E-state index contributed by atoms with van der Waals surface area (Å²) in [5, 5.41) is 7.31. The fourth-order valence-electron chi connectivity index (χ4n) is 1.77. The highest BCUT2D eigenvalue weighted by atomic mass is 35.5. The van der Waals surface area contributed by atoms with Gasteiger partial charge >= 0.3 is 0 Å². The van der Waals surface area contributed by atoms with Crippen molar-refractivity contribution in [2.45, 2.75) is 38.6 Å². The molecule has 102 valence electrons. The van der Waals surface area contributed by atoms with Gasteiger partial charge in [-0.2, -0.15) is 5.10 Å². The van der Waals surface area contributed by atoms with Crippen LogP contribution in [0, 0.1) is 6.92 Å². The monoisotopic (exact) mass is 297 g/mol. The van der Waals surface area contributed by atoms with Crippen molar-refractivity contribution in [3.05, 3.63) is 44.3 Å². The summed E-state index contributed by atoms with van der Waals surface area (Å²) in [5.41, 5.74) is 1.77. The summed E-state index contributed by atoms with van der Waals surface area (Å²) in [6.07, 6.45) is 2.85. The first-order valence-corrected chi connectivity index (χ1v) is 7.64. The fraction of sp³-hybridized carbons (Fsp3) is 0.462. The molecule has 19 heavy (non-hydrogen) atoms. The summed E-state index contributed by atoms with van der Waals surface area (Å²) >= 11 is 7.36. The number of aromatic nitrogens is 3. The summed E-state index contributed by atoms with van der Waals surface area (Å²) in [7, 11) is 0. The molecule has 0 radical (unpaired) electrons. The van der Waals surface area contributed by atoms with E-state index in [1.807, 2.05) is 12.3 Å². The van der Waals surface area contributed by atoms with Crippen LogP contribution in [0.15, 0.2) is 22.3 Å². The molecular weight excluding hydrogens is 282 g/mol. The van der Waals surface area contributed by atoms with E-state index in [1.165, 1.54) is 4.68 Å². The Morgan fingerprint density at radius 3 is 2.95 bits per heavy atom. The van der Waals surface area contributed by atoms with Crippen LogP contribution in [0.2, 0.25) is 0 Å². The molecule has 2 aromatic heterocycles. The van der Waals surface area contributed by atoms with E-state index in [0.29, 0.717) is 12.4 Å². The molecule has 0 atom stereocenters. The van der Waals surface area contributed by atoms with E-state index in [9.17, 15) is 4.79 Å². The minimum atomic E-state index is -0.0377. The molecule has 4 nitrogen and oxygen atoms in total. The predicted octanol–water partition coefficient (Wildman–Crippen LogP) is 2.77. The molecule has 0 spiro atoms. The van der Waals surface area contributed by atoms with Crippen LogP contribution in [0.3, 0.4) is 0 Å². The third-order valence-corrected chi connectivity index (χ3v) is 3.98. The van der Waals surface area contributed by atoms with Crippen molar-refractivity contribution >= 4 is 22.9 Å². The zero-order chi connectivity index (χ0) is 13.7. The molecule has 0 fully saturated rings. The zero-order valence-corrected chi connectivity index (χ0v) is 12.4. The standard InChI is InChI=1S/C13H16ClN3OS/c1-10-5-6-13(18)17(16-10)7-3-2-4-12-15-11(8-14)9-19-12/h5-6,9H,2-4,7-8H2,1H3. The van der Waals surface area contributed by atoms with E-state index < -0.39 is 0 Å². The van der Waals surface area contributed by atoms with Gasteiger partial charge in [-0.05, 0) is 32.3 Å². The summed E-state index contributed by atoms with van der Waals surface area (Å²) < 4.78 is 1.53. The van der Waals surface area contributed by atoms with E-state index in [2.05, 4.69) is 10.1 Å². The number of nitrogens with zero attached hydrogens (tertiary/aromatic N) is 3. The molecule has 0 aliphatic rings. The van der Waals surface area contributed by atoms with Crippen LogP contribution >= 0.6 is 22.9 Å². The Morgan fingerprint density at radius 1 is 1.37 bits per heavy atom. The number of rotatable bonds is 6. The Hall–Kier alpha value is -1.20. The normalized spacial score (nSPS) is 10.8. The summed E-state index contributed by atoms with van der Waals surface area (Å²) in [6.45, 7) is 2.55. The predicted molar refractivity (Wildman–Crippen MR) is 77.8 cm³/mol. The number of hydrogen-bond acceptors (Lipinski definition) is 4. The molecule has 0 N–H and O–H groups in total. The lowest BCUT2D eigenvalue weighted by Gasteiger charge is -2.04. The summed E-state index contributed by atoms with van der Waals surface area (Å²) in [4.78, 5) is 16.0. The second kappa shape index (κ2) is 6.82. The van der Waals surface area contributed by atoms with Crippen LogP contribution in [-0.2, 0) is 18.8 Å². The first kappa shape index (κ1) is 14.2. The molecule has 0 amide bonds. The Balaban J connectivity index is 1.80. The highest BCUT2D eigenvalue weighted by Gasteiger charge is 2.02. The van der Waals surface area contributed by atoms with Gasteiger partial charge in [0.1, 0.15) is 0 Å². The number of aryl methyl sites for hydroxylation is 3. The zero-order valence-electron chi connectivity index (χ0n) is 10.8. The lowest BCUT2D eigenvalue weighted by molar-refractivity contribution is 0.526. The van der Waals surface area contributed by atoms with Crippen molar-refractivity contribution < 1.29 is 0 Å². The smallest absolute Gasteiger partial charge is 0.266 e. The molecule has 2 aromatic rings. The number of unbranched alkanes of at least 4 members (excludes halogenated alkanes) is 1. The van der Waals surface area contributed by atoms with E-state index in [0.717, 1.165) is 35.7 Å². The molecule has 0 bridgehead atoms. The van der Waals surface area contributed by atoms with Gasteiger partial charge in [-0.3, -0.25) is 4.79 Å². The minimum Gasteiger partial charge on any atom is -0.268 e. The Labute approximate surface area is 121 Å². The van der Waals surface area contributed by atoms with Gasteiger partial charge in [0.15, 0.2) is 0 Å². The lowest BCUT2D eigenvalue weighted by Crippen LogP contribution is -2.22. The Morgan fingerprint density at radius 2 is 2.21 bits per heavy atom. The average Bonchev–Trinajstić information content (AvgIpc) is 2.86. The van der Waals surface area contributed by atoms with Crippen molar-refractivity contribution in [3.63, 3.8) is 0 Å². The molecule has 0 unspecified atom stereocenters. The van der Waals surface area contributed by atoms with Crippen LogP contribution in [0.4, 0.5) is 0 Å². The maximum atomic E-state index is 11.6. The van der Waals surface area contributed by atoms with Crippen molar-refractivity contribution in [1.29, 1.82) is 0 Å². The molecule has 2 rings (SSSR count). The molecular formula is C13H16ClN3OS. The molecule has 2 heterocycles. The second-order valence-corrected chi connectivity index (χ2v) is 5.57. The SMILES string of the molecule is Cc1ccc(=O)n(CCCCc2nc(CCl)cs2)n1. The van der Waals surface area contributed by atoms with Gasteiger partial charge < -0.3 is 0 Å². The molecule has 0 aliphatic carbocycles. The minimum absolute atomic E-state index is 0.0377. The van der Waals surface area contributed by atoms with Gasteiger partial charge in [0.25, 0.3) is 5.56 Å². The number of thiazole rings is 1. The van der Waals surface area contributed by atoms with Gasteiger partial charge in [-0.15, -0.1) is 22.9 Å². The molecule has 0 saturated heterocycles. The number of hydrogen-bond donors (Lipinski definition) is 0. The average molecular weight is 298 g/mol. The van der Waals surface area contributed by atoms with Gasteiger partial charge in [0, 0.05) is 18.0 Å². The van der Waals surface area contributed by atoms with Crippen LogP contribution in [0.25, 0.3) is 0 Å². The first-order valence-electron chi connectivity index (χ1n) is 6.23. The number of alkyl halides is 1. The second-order valence-electron chi connectivity index (χ2n) is 4.36. The highest BCUT2D eigenvalue weighted by Crippen LogP contribution is 2.14. The first-order chi connectivity index (χ1) is 9.19. The van der Waals surface area contributed by atoms with Gasteiger partial charge in [-0.25, -0.2) is 9.67 Å². The molecule has 6 heteroatoms. The Kier molecular flexibility index (Phi) is 5.10. The molecule has 0 saturated carbocycles. The van der Waals surface area contributed by atoms with Gasteiger partial charge in [-0.1, -0.05) is 0 Å². The topological polar surface area (TPSA) is 47.8 Å². The summed E-state index contributed by atoms with van der Waals surface area (Å²) in [6, 6.07) is 3.30. The van der Waals surface area contributed by atoms with Crippen molar-refractivity contribution in [2.24, 2.45) is 0 Å². The highest BCUT2D eigenvalue weighted by molar-refractivity contribution is 7.09.